The van der Waals surface area contributed by atoms with Crippen molar-refractivity contribution >= 4 is 11.6 Å². The third-order valence-corrected chi connectivity index (χ3v) is 8.24. The third kappa shape index (κ3) is 8.89. The highest BCUT2D eigenvalue weighted by atomic mass is 16.5. The highest BCUT2D eigenvalue weighted by Gasteiger charge is 2.44. The summed E-state index contributed by atoms with van der Waals surface area (Å²) in [6, 6.07) is 14.1. The first-order valence-electron chi connectivity index (χ1n) is 15.0. The van der Waals surface area contributed by atoms with Gasteiger partial charge in [-0.2, -0.15) is 0 Å². The van der Waals surface area contributed by atoms with Crippen LogP contribution in [-0.4, -0.2) is 56.6 Å². The van der Waals surface area contributed by atoms with Crippen LogP contribution in [0.3, 0.4) is 0 Å². The molecule has 0 unspecified atom stereocenters. The number of benzene rings is 2. The predicted molar refractivity (Wildman–Crippen MR) is 165 cm³/mol. The van der Waals surface area contributed by atoms with Crippen LogP contribution in [-0.2, 0) is 27.0 Å². The number of carbonyl (C=O) groups excluding carboxylic acids is 1. The van der Waals surface area contributed by atoms with E-state index in [2.05, 4.69) is 67.9 Å². The molecular formula is C34H49N3O4. The van der Waals surface area contributed by atoms with E-state index < -0.39 is 12.1 Å². The molecule has 2 aromatic carbocycles. The normalized spacial score (nSPS) is 23.2. The number of amides is 1. The standard InChI is InChI=1S/C34H49N3O4/c1-24-11-16-41-15-7-6-14-35-29-19-25(23-40-5)18-26(20-29)32(39)37-30(17-24)31(38)22-36-34(12-13-34)28-10-8-9-27(21-28)33(2,3)4/h6-10,18-21,24,30-31,35-36,38H,11-17,22-23H2,1-5H3,(H,37,39)/b7-6-/t24-,30+,31-/m1/s1. The van der Waals surface area contributed by atoms with Gasteiger partial charge in [-0.3, -0.25) is 4.79 Å². The van der Waals surface area contributed by atoms with E-state index in [1.807, 2.05) is 30.4 Å². The summed E-state index contributed by atoms with van der Waals surface area (Å²) in [5.41, 5.74) is 4.85. The molecule has 4 N–H and O–H groups in total. The molecule has 7 heteroatoms. The number of aliphatic hydroxyl groups is 1. The summed E-state index contributed by atoms with van der Waals surface area (Å²) in [5, 5.41) is 21.7. The number of aliphatic hydroxyl groups excluding tert-OH is 1. The van der Waals surface area contributed by atoms with Gasteiger partial charge in [-0.05, 0) is 71.9 Å². The minimum absolute atomic E-state index is 0.0751. The number of ether oxygens (including phenoxy) is 2. The van der Waals surface area contributed by atoms with E-state index in [0.29, 0.717) is 44.9 Å². The highest BCUT2D eigenvalue weighted by Crippen LogP contribution is 2.46. The van der Waals surface area contributed by atoms with Crippen LogP contribution in [0, 0.1) is 5.92 Å². The highest BCUT2D eigenvalue weighted by molar-refractivity contribution is 5.95. The van der Waals surface area contributed by atoms with Crippen molar-refractivity contribution in [2.45, 2.75) is 83.1 Å². The molecule has 3 atom stereocenters. The third-order valence-electron chi connectivity index (χ3n) is 8.24. The van der Waals surface area contributed by atoms with E-state index in [9.17, 15) is 9.90 Å². The fourth-order valence-corrected chi connectivity index (χ4v) is 5.47. The lowest BCUT2D eigenvalue weighted by atomic mass is 9.85. The van der Waals surface area contributed by atoms with Crippen molar-refractivity contribution in [3.63, 3.8) is 0 Å². The molecule has 1 fully saturated rings. The zero-order chi connectivity index (χ0) is 29.5. The van der Waals surface area contributed by atoms with Crippen molar-refractivity contribution in [2.24, 2.45) is 5.92 Å². The largest absolute Gasteiger partial charge is 0.390 e. The number of carbonyl (C=O) groups is 1. The average molecular weight is 564 g/mol. The summed E-state index contributed by atoms with van der Waals surface area (Å²) < 4.78 is 11.2. The first-order valence-corrected chi connectivity index (χ1v) is 15.0. The molecule has 224 valence electrons. The average Bonchev–Trinajstić information content (AvgIpc) is 3.73. The molecular weight excluding hydrogens is 514 g/mol. The van der Waals surface area contributed by atoms with Crippen molar-refractivity contribution < 1.29 is 19.4 Å². The van der Waals surface area contributed by atoms with Crippen molar-refractivity contribution in [3.05, 3.63) is 76.9 Å². The number of fused-ring (bicyclic) bond motifs is 2. The number of hydrogen-bond acceptors (Lipinski definition) is 6. The van der Waals surface area contributed by atoms with Crippen LogP contribution in [0.25, 0.3) is 0 Å². The molecule has 0 aromatic heterocycles. The maximum Gasteiger partial charge on any atom is 0.251 e. The Balaban J connectivity index is 1.51. The molecule has 0 radical (unpaired) electrons. The Kier molecular flexibility index (Phi) is 10.6. The van der Waals surface area contributed by atoms with Gasteiger partial charge in [0.05, 0.1) is 25.4 Å². The van der Waals surface area contributed by atoms with Crippen LogP contribution in [0.15, 0.2) is 54.6 Å². The van der Waals surface area contributed by atoms with E-state index in [4.69, 9.17) is 9.47 Å². The summed E-state index contributed by atoms with van der Waals surface area (Å²) in [6.45, 7) is 11.5. The van der Waals surface area contributed by atoms with E-state index >= 15 is 0 Å². The number of methoxy groups -OCH3 is 1. The van der Waals surface area contributed by atoms with Gasteiger partial charge in [0.1, 0.15) is 0 Å². The molecule has 0 spiro atoms. The molecule has 7 nitrogen and oxygen atoms in total. The van der Waals surface area contributed by atoms with Crippen LogP contribution >= 0.6 is 0 Å². The maximum atomic E-state index is 13.6. The zero-order valence-corrected chi connectivity index (χ0v) is 25.5. The summed E-state index contributed by atoms with van der Waals surface area (Å²) in [7, 11) is 1.65. The lowest BCUT2D eigenvalue weighted by molar-refractivity contribution is 0.0764. The molecule has 1 saturated carbocycles. The van der Waals surface area contributed by atoms with Crippen molar-refractivity contribution in [1.29, 1.82) is 0 Å². The SMILES string of the molecule is COCc1cc2cc(c1)C(=O)N[C@H]([C@H](O)CNC1(c3cccc(C(C)(C)C)c3)CC1)C[C@H](C)CCOC/C=C\CN2. The van der Waals surface area contributed by atoms with Crippen molar-refractivity contribution in [2.75, 3.05) is 38.7 Å². The Bertz CT molecular complexity index is 1180. The maximum absolute atomic E-state index is 13.6. The van der Waals surface area contributed by atoms with E-state index in [0.717, 1.165) is 30.5 Å². The molecule has 1 aliphatic heterocycles. The molecule has 2 aromatic rings. The molecule has 1 heterocycles. The fraction of sp³-hybridized carbons (Fsp3) is 0.559. The van der Waals surface area contributed by atoms with Gasteiger partial charge in [-0.15, -0.1) is 0 Å². The number of rotatable bonds is 7. The lowest BCUT2D eigenvalue weighted by Crippen LogP contribution is -2.49. The Labute approximate surface area is 246 Å². The quantitative estimate of drug-likeness (QED) is 0.343. The topological polar surface area (TPSA) is 91.9 Å². The Morgan fingerprint density at radius 3 is 2.71 bits per heavy atom. The van der Waals surface area contributed by atoms with Crippen LogP contribution in [0.1, 0.15) is 80.4 Å². The Morgan fingerprint density at radius 1 is 1.17 bits per heavy atom. The summed E-state index contributed by atoms with van der Waals surface area (Å²) in [5.74, 6) is 0.0717. The van der Waals surface area contributed by atoms with Gasteiger partial charge >= 0.3 is 0 Å². The zero-order valence-electron chi connectivity index (χ0n) is 25.5. The first kappa shape index (κ1) is 31.2. The van der Waals surface area contributed by atoms with Crippen molar-refractivity contribution in [3.8, 4) is 0 Å². The van der Waals surface area contributed by atoms with Gasteiger partial charge < -0.3 is 30.5 Å². The van der Waals surface area contributed by atoms with Gasteiger partial charge in [0, 0.05) is 43.6 Å². The van der Waals surface area contributed by atoms with Crippen LogP contribution in [0.4, 0.5) is 5.69 Å². The fourth-order valence-electron chi connectivity index (χ4n) is 5.47. The predicted octanol–water partition coefficient (Wildman–Crippen LogP) is 5.28. The number of anilines is 1. The van der Waals surface area contributed by atoms with Gasteiger partial charge in [0.25, 0.3) is 5.91 Å². The van der Waals surface area contributed by atoms with E-state index in [-0.39, 0.29) is 22.8 Å². The van der Waals surface area contributed by atoms with Crippen LogP contribution in [0.5, 0.6) is 0 Å². The molecule has 1 aliphatic carbocycles. The van der Waals surface area contributed by atoms with Crippen molar-refractivity contribution in [1.82, 2.24) is 10.6 Å². The van der Waals surface area contributed by atoms with Crippen LogP contribution < -0.4 is 16.0 Å². The second-order valence-electron chi connectivity index (χ2n) is 12.8. The summed E-state index contributed by atoms with van der Waals surface area (Å²) >= 11 is 0. The second kappa shape index (κ2) is 14.0. The van der Waals surface area contributed by atoms with Gasteiger partial charge in [-0.1, -0.05) is 64.1 Å². The smallest absolute Gasteiger partial charge is 0.251 e. The van der Waals surface area contributed by atoms with Crippen LogP contribution in [0.2, 0.25) is 0 Å². The van der Waals surface area contributed by atoms with E-state index in [1.54, 1.807) is 7.11 Å². The molecule has 2 bridgehead atoms. The molecule has 4 rings (SSSR count). The summed E-state index contributed by atoms with van der Waals surface area (Å²) in [6.07, 6.45) is 6.89. The summed E-state index contributed by atoms with van der Waals surface area (Å²) in [4.78, 5) is 13.6. The molecule has 41 heavy (non-hydrogen) atoms. The Morgan fingerprint density at radius 2 is 1.98 bits per heavy atom. The molecule has 1 amide bonds. The Hall–Kier alpha value is -2.71. The number of nitrogens with one attached hydrogen (secondary N) is 3. The molecule has 0 saturated heterocycles. The van der Waals surface area contributed by atoms with E-state index in [1.165, 1.54) is 11.1 Å². The second-order valence-corrected chi connectivity index (χ2v) is 12.8. The minimum atomic E-state index is -0.743. The van der Waals surface area contributed by atoms with Gasteiger partial charge in [0.15, 0.2) is 0 Å². The van der Waals surface area contributed by atoms with Gasteiger partial charge in [0.2, 0.25) is 0 Å². The van der Waals surface area contributed by atoms with Gasteiger partial charge in [-0.25, -0.2) is 0 Å². The monoisotopic (exact) mass is 563 g/mol. The molecule has 2 aliphatic rings. The number of hydrogen-bond donors (Lipinski definition) is 4. The lowest BCUT2D eigenvalue weighted by Gasteiger charge is -2.29. The minimum Gasteiger partial charge on any atom is -0.390 e. The first-order chi connectivity index (χ1) is 19.6.